The minimum atomic E-state index is -0.578. The minimum absolute atomic E-state index is 0.227. The van der Waals surface area contributed by atoms with E-state index in [-0.39, 0.29) is 6.04 Å². The average molecular weight is 306 g/mol. The van der Waals surface area contributed by atoms with Gasteiger partial charge in [-0.1, -0.05) is 0 Å². The molecule has 0 aromatic carbocycles. The van der Waals surface area contributed by atoms with Crippen LogP contribution in [0.3, 0.4) is 0 Å². The predicted octanol–water partition coefficient (Wildman–Crippen LogP) is 1.50. The molecule has 1 aromatic heterocycles. The molecule has 1 aromatic rings. The van der Waals surface area contributed by atoms with Crippen LogP contribution in [0.5, 0.6) is 0 Å². The van der Waals surface area contributed by atoms with Crippen LogP contribution >= 0.6 is 15.9 Å². The predicted molar refractivity (Wildman–Crippen MR) is 70.0 cm³/mol. The van der Waals surface area contributed by atoms with Crippen molar-refractivity contribution in [1.82, 2.24) is 15.1 Å². The molecule has 0 aliphatic rings. The van der Waals surface area contributed by atoms with E-state index in [9.17, 15) is 5.11 Å². The molecule has 1 heterocycles. The maximum atomic E-state index is 10.1. The van der Waals surface area contributed by atoms with Crippen molar-refractivity contribution in [3.63, 3.8) is 0 Å². The number of rotatable bonds is 7. The van der Waals surface area contributed by atoms with Crippen LogP contribution < -0.4 is 5.32 Å². The normalized spacial score (nSPS) is 13.3. The van der Waals surface area contributed by atoms with Crippen molar-refractivity contribution >= 4 is 15.9 Å². The fourth-order valence-corrected chi connectivity index (χ4v) is 2.12. The van der Waals surface area contributed by atoms with Gasteiger partial charge in [-0.05, 0) is 29.8 Å². The maximum Gasteiger partial charge on any atom is 0.109 e. The summed E-state index contributed by atoms with van der Waals surface area (Å²) in [5.74, 6) is 0. The van der Waals surface area contributed by atoms with Gasteiger partial charge in [0.15, 0.2) is 0 Å². The van der Waals surface area contributed by atoms with Gasteiger partial charge >= 0.3 is 0 Å². The maximum absolute atomic E-state index is 10.1. The summed E-state index contributed by atoms with van der Waals surface area (Å²) < 4.78 is 7.60. The first kappa shape index (κ1) is 14.6. The van der Waals surface area contributed by atoms with Gasteiger partial charge in [0.05, 0.1) is 23.0 Å². The van der Waals surface area contributed by atoms with Gasteiger partial charge in [-0.3, -0.25) is 4.68 Å². The molecule has 0 amide bonds. The smallest absolute Gasteiger partial charge is 0.109 e. The summed E-state index contributed by atoms with van der Waals surface area (Å²) in [5, 5.41) is 17.5. The van der Waals surface area contributed by atoms with Gasteiger partial charge in [0.1, 0.15) is 6.10 Å². The Hall–Kier alpha value is -0.430. The SMILES string of the molecule is COCCNCC(O)c1c(Br)cnn1C(C)C. The topological polar surface area (TPSA) is 59.3 Å². The van der Waals surface area contributed by atoms with Crippen molar-refractivity contribution in [2.45, 2.75) is 26.0 Å². The monoisotopic (exact) mass is 305 g/mol. The molecule has 1 atom stereocenters. The summed E-state index contributed by atoms with van der Waals surface area (Å²) in [6.45, 7) is 5.92. The van der Waals surface area contributed by atoms with Crippen LogP contribution in [0.25, 0.3) is 0 Å². The van der Waals surface area contributed by atoms with Crippen molar-refractivity contribution in [2.24, 2.45) is 0 Å². The molecule has 0 bridgehead atoms. The minimum Gasteiger partial charge on any atom is -0.385 e. The number of methoxy groups -OCH3 is 1. The lowest BCUT2D eigenvalue weighted by Gasteiger charge is -2.17. The van der Waals surface area contributed by atoms with E-state index in [2.05, 4.69) is 26.3 Å². The lowest BCUT2D eigenvalue weighted by atomic mass is 10.2. The van der Waals surface area contributed by atoms with Crippen molar-refractivity contribution in [3.05, 3.63) is 16.4 Å². The molecule has 98 valence electrons. The Morgan fingerprint density at radius 2 is 2.29 bits per heavy atom. The highest BCUT2D eigenvalue weighted by molar-refractivity contribution is 9.10. The fraction of sp³-hybridized carbons (Fsp3) is 0.727. The number of aliphatic hydroxyl groups is 1. The molecule has 0 aliphatic carbocycles. The summed E-state index contributed by atoms with van der Waals surface area (Å²) in [4.78, 5) is 0. The summed E-state index contributed by atoms with van der Waals surface area (Å²) >= 11 is 3.41. The molecule has 0 fully saturated rings. The molecular formula is C11H20BrN3O2. The molecular weight excluding hydrogens is 286 g/mol. The van der Waals surface area contributed by atoms with Gasteiger partial charge in [-0.25, -0.2) is 0 Å². The molecule has 0 radical (unpaired) electrons. The highest BCUT2D eigenvalue weighted by Crippen LogP contribution is 2.25. The van der Waals surface area contributed by atoms with E-state index in [1.165, 1.54) is 0 Å². The standard InChI is InChI=1S/C11H20BrN3O2/c1-8(2)15-11(9(12)6-14-15)10(16)7-13-4-5-17-3/h6,8,10,13,16H,4-5,7H2,1-3H3. The highest BCUT2D eigenvalue weighted by Gasteiger charge is 2.18. The van der Waals surface area contributed by atoms with Crippen molar-refractivity contribution < 1.29 is 9.84 Å². The van der Waals surface area contributed by atoms with Crippen LogP contribution in [-0.4, -0.2) is 41.7 Å². The van der Waals surface area contributed by atoms with Crippen LogP contribution in [0.2, 0.25) is 0 Å². The van der Waals surface area contributed by atoms with E-state index in [1.807, 2.05) is 18.5 Å². The molecule has 1 unspecified atom stereocenters. The second-order valence-electron chi connectivity index (χ2n) is 4.13. The van der Waals surface area contributed by atoms with Crippen LogP contribution in [0.15, 0.2) is 10.7 Å². The third-order valence-electron chi connectivity index (χ3n) is 2.41. The van der Waals surface area contributed by atoms with Crippen LogP contribution in [-0.2, 0) is 4.74 Å². The average Bonchev–Trinajstić information content (AvgIpc) is 2.66. The zero-order chi connectivity index (χ0) is 12.8. The molecule has 0 aliphatic heterocycles. The lowest BCUT2D eigenvalue weighted by Crippen LogP contribution is -2.26. The van der Waals surface area contributed by atoms with Crippen LogP contribution in [0.1, 0.15) is 31.7 Å². The first-order chi connectivity index (χ1) is 8.07. The number of aliphatic hydroxyl groups excluding tert-OH is 1. The Morgan fingerprint density at radius 3 is 2.88 bits per heavy atom. The van der Waals surface area contributed by atoms with Crippen molar-refractivity contribution in [3.8, 4) is 0 Å². The third-order valence-corrected chi connectivity index (χ3v) is 3.02. The Bertz CT molecular complexity index is 341. The third kappa shape index (κ3) is 4.06. The van der Waals surface area contributed by atoms with E-state index in [4.69, 9.17) is 4.74 Å². The first-order valence-electron chi connectivity index (χ1n) is 5.68. The summed E-state index contributed by atoms with van der Waals surface area (Å²) in [6.07, 6.45) is 1.14. The Labute approximate surface area is 110 Å². The Morgan fingerprint density at radius 1 is 1.59 bits per heavy atom. The zero-order valence-electron chi connectivity index (χ0n) is 10.5. The van der Waals surface area contributed by atoms with Gasteiger partial charge in [0.2, 0.25) is 0 Å². The molecule has 5 nitrogen and oxygen atoms in total. The first-order valence-corrected chi connectivity index (χ1v) is 6.47. The fourth-order valence-electron chi connectivity index (χ4n) is 1.58. The second kappa shape index (κ2) is 7.10. The molecule has 1 rings (SSSR count). The van der Waals surface area contributed by atoms with Crippen LogP contribution in [0.4, 0.5) is 0 Å². The second-order valence-corrected chi connectivity index (χ2v) is 4.98. The number of hydrogen-bond acceptors (Lipinski definition) is 4. The highest BCUT2D eigenvalue weighted by atomic mass is 79.9. The Kier molecular flexibility index (Phi) is 6.11. The molecule has 0 spiro atoms. The summed E-state index contributed by atoms with van der Waals surface area (Å²) in [5.41, 5.74) is 0.810. The number of nitrogens with one attached hydrogen (secondary N) is 1. The molecule has 17 heavy (non-hydrogen) atoms. The number of halogens is 1. The van der Waals surface area contributed by atoms with E-state index in [0.717, 1.165) is 16.7 Å². The van der Waals surface area contributed by atoms with Crippen LogP contribution in [0, 0.1) is 0 Å². The zero-order valence-corrected chi connectivity index (χ0v) is 12.1. The summed E-state index contributed by atoms with van der Waals surface area (Å²) in [7, 11) is 1.66. The van der Waals surface area contributed by atoms with Gasteiger partial charge in [0.25, 0.3) is 0 Å². The molecule has 0 saturated carbocycles. The largest absolute Gasteiger partial charge is 0.385 e. The molecule has 6 heteroatoms. The van der Waals surface area contributed by atoms with Crippen molar-refractivity contribution in [1.29, 1.82) is 0 Å². The molecule has 0 saturated heterocycles. The van der Waals surface area contributed by atoms with E-state index in [0.29, 0.717) is 13.2 Å². The van der Waals surface area contributed by atoms with E-state index < -0.39 is 6.10 Å². The summed E-state index contributed by atoms with van der Waals surface area (Å²) in [6, 6.07) is 0.227. The van der Waals surface area contributed by atoms with E-state index in [1.54, 1.807) is 13.3 Å². The number of hydrogen-bond donors (Lipinski definition) is 2. The van der Waals surface area contributed by atoms with Crippen molar-refractivity contribution in [2.75, 3.05) is 26.8 Å². The quantitative estimate of drug-likeness (QED) is 0.750. The molecule has 2 N–H and O–H groups in total. The van der Waals surface area contributed by atoms with Gasteiger partial charge < -0.3 is 15.2 Å². The lowest BCUT2D eigenvalue weighted by molar-refractivity contribution is 0.151. The van der Waals surface area contributed by atoms with E-state index >= 15 is 0 Å². The Balaban J connectivity index is 2.61. The van der Waals surface area contributed by atoms with Gasteiger partial charge in [0, 0.05) is 26.2 Å². The number of ether oxygens (including phenoxy) is 1. The van der Waals surface area contributed by atoms with Gasteiger partial charge in [-0.2, -0.15) is 5.10 Å². The van der Waals surface area contributed by atoms with Gasteiger partial charge in [-0.15, -0.1) is 0 Å². The number of aromatic nitrogens is 2. The number of nitrogens with zero attached hydrogens (tertiary/aromatic N) is 2.